The minimum atomic E-state index is 0.884. The summed E-state index contributed by atoms with van der Waals surface area (Å²) in [6.45, 7) is 6.67. The monoisotopic (exact) mass is 150 g/mol. The Kier molecular flexibility index (Phi) is 2.49. The first-order valence-corrected chi connectivity index (χ1v) is 3.73. The summed E-state index contributed by atoms with van der Waals surface area (Å²) >= 11 is 0. The maximum Gasteiger partial charge on any atom is 0.0406 e. The van der Waals surface area contributed by atoms with Gasteiger partial charge in [-0.05, 0) is 31.7 Å². The van der Waals surface area contributed by atoms with Crippen LogP contribution in [-0.4, -0.2) is 12.0 Å². The van der Waals surface area contributed by atoms with Crippen molar-refractivity contribution in [3.8, 4) is 0 Å². The SMILES string of the molecule is C=Cc1[nH]c(CNC)cc1C. The molecule has 0 saturated carbocycles. The molecular formula is C9H14N2. The van der Waals surface area contributed by atoms with Crippen molar-refractivity contribution in [2.75, 3.05) is 7.05 Å². The van der Waals surface area contributed by atoms with Gasteiger partial charge in [-0.25, -0.2) is 0 Å². The van der Waals surface area contributed by atoms with E-state index in [1.165, 1.54) is 11.3 Å². The van der Waals surface area contributed by atoms with E-state index in [1.54, 1.807) is 0 Å². The van der Waals surface area contributed by atoms with E-state index in [2.05, 4.69) is 29.9 Å². The van der Waals surface area contributed by atoms with Crippen molar-refractivity contribution < 1.29 is 0 Å². The summed E-state index contributed by atoms with van der Waals surface area (Å²) in [5.74, 6) is 0. The molecule has 0 aliphatic carbocycles. The zero-order valence-corrected chi connectivity index (χ0v) is 7.07. The molecule has 0 bridgehead atoms. The molecule has 0 amide bonds. The van der Waals surface area contributed by atoms with Gasteiger partial charge in [0.15, 0.2) is 0 Å². The summed E-state index contributed by atoms with van der Waals surface area (Å²) in [5.41, 5.74) is 3.58. The fourth-order valence-electron chi connectivity index (χ4n) is 1.14. The molecule has 60 valence electrons. The standard InChI is InChI=1S/C9H14N2/c1-4-9-7(2)5-8(11-9)6-10-3/h4-5,10-11H,1,6H2,2-3H3. The van der Waals surface area contributed by atoms with Crippen LogP contribution < -0.4 is 5.32 Å². The second-order valence-corrected chi connectivity index (χ2v) is 2.63. The lowest BCUT2D eigenvalue weighted by molar-refractivity contribution is 0.797. The third-order valence-electron chi connectivity index (χ3n) is 1.68. The number of H-pyrrole nitrogens is 1. The molecule has 2 N–H and O–H groups in total. The van der Waals surface area contributed by atoms with Gasteiger partial charge < -0.3 is 10.3 Å². The molecular weight excluding hydrogens is 136 g/mol. The summed E-state index contributed by atoms with van der Waals surface area (Å²) < 4.78 is 0. The molecule has 1 rings (SSSR count). The Balaban J connectivity index is 2.86. The van der Waals surface area contributed by atoms with E-state index in [0.29, 0.717) is 0 Å². The van der Waals surface area contributed by atoms with Gasteiger partial charge in [0, 0.05) is 17.9 Å². The van der Waals surface area contributed by atoms with E-state index in [9.17, 15) is 0 Å². The summed E-state index contributed by atoms with van der Waals surface area (Å²) in [6.07, 6.45) is 1.84. The Morgan fingerprint density at radius 3 is 2.91 bits per heavy atom. The molecule has 11 heavy (non-hydrogen) atoms. The lowest BCUT2D eigenvalue weighted by Crippen LogP contribution is -2.04. The molecule has 1 aromatic heterocycles. The summed E-state index contributed by atoms with van der Waals surface area (Å²) in [4.78, 5) is 3.25. The highest BCUT2D eigenvalue weighted by Crippen LogP contribution is 2.09. The van der Waals surface area contributed by atoms with Gasteiger partial charge in [-0.2, -0.15) is 0 Å². The number of aromatic amines is 1. The highest BCUT2D eigenvalue weighted by molar-refractivity contribution is 5.48. The van der Waals surface area contributed by atoms with Crippen LogP contribution in [0, 0.1) is 6.92 Å². The van der Waals surface area contributed by atoms with Crippen molar-refractivity contribution in [1.82, 2.24) is 10.3 Å². The molecule has 0 atom stereocenters. The Morgan fingerprint density at radius 2 is 2.45 bits per heavy atom. The average molecular weight is 150 g/mol. The summed E-state index contributed by atoms with van der Waals surface area (Å²) in [6, 6.07) is 2.13. The molecule has 0 spiro atoms. The highest BCUT2D eigenvalue weighted by Gasteiger charge is 1.98. The van der Waals surface area contributed by atoms with Crippen LogP contribution in [0.25, 0.3) is 6.08 Å². The first-order valence-electron chi connectivity index (χ1n) is 3.73. The van der Waals surface area contributed by atoms with Crippen LogP contribution >= 0.6 is 0 Å². The largest absolute Gasteiger partial charge is 0.358 e. The molecule has 0 aliphatic heterocycles. The van der Waals surface area contributed by atoms with Gasteiger partial charge in [-0.15, -0.1) is 0 Å². The number of aromatic nitrogens is 1. The van der Waals surface area contributed by atoms with Crippen molar-refractivity contribution >= 4 is 6.08 Å². The van der Waals surface area contributed by atoms with Crippen LogP contribution in [0.4, 0.5) is 0 Å². The lowest BCUT2D eigenvalue weighted by Gasteiger charge is -1.92. The summed E-state index contributed by atoms with van der Waals surface area (Å²) in [5, 5.41) is 3.08. The van der Waals surface area contributed by atoms with Crippen LogP contribution in [0.15, 0.2) is 12.6 Å². The zero-order chi connectivity index (χ0) is 8.27. The first kappa shape index (κ1) is 8.08. The highest BCUT2D eigenvalue weighted by atomic mass is 14.9. The molecule has 2 heteroatoms. The molecule has 0 aliphatic rings. The van der Waals surface area contributed by atoms with Crippen LogP contribution in [0.3, 0.4) is 0 Å². The van der Waals surface area contributed by atoms with Gasteiger partial charge in [0.05, 0.1) is 0 Å². The number of aryl methyl sites for hydroxylation is 1. The van der Waals surface area contributed by atoms with Gasteiger partial charge in [0.1, 0.15) is 0 Å². The first-order chi connectivity index (χ1) is 5.27. The predicted octanol–water partition coefficient (Wildman–Crippen LogP) is 1.69. The van der Waals surface area contributed by atoms with Gasteiger partial charge in [-0.1, -0.05) is 6.58 Å². The van der Waals surface area contributed by atoms with E-state index in [-0.39, 0.29) is 0 Å². The van der Waals surface area contributed by atoms with Gasteiger partial charge in [0.25, 0.3) is 0 Å². The van der Waals surface area contributed by atoms with E-state index < -0.39 is 0 Å². The fourth-order valence-corrected chi connectivity index (χ4v) is 1.14. The van der Waals surface area contributed by atoms with E-state index >= 15 is 0 Å². The number of hydrogen-bond acceptors (Lipinski definition) is 1. The minimum Gasteiger partial charge on any atom is -0.358 e. The van der Waals surface area contributed by atoms with Crippen molar-refractivity contribution in [2.24, 2.45) is 0 Å². The molecule has 2 nitrogen and oxygen atoms in total. The minimum absolute atomic E-state index is 0.884. The Hall–Kier alpha value is -1.02. The molecule has 1 aromatic rings. The molecule has 0 fully saturated rings. The quantitative estimate of drug-likeness (QED) is 0.674. The van der Waals surface area contributed by atoms with Crippen molar-refractivity contribution in [2.45, 2.75) is 13.5 Å². The Labute approximate surface area is 67.3 Å². The molecule has 0 aromatic carbocycles. The smallest absolute Gasteiger partial charge is 0.0406 e. The maximum atomic E-state index is 3.71. The molecule has 0 unspecified atom stereocenters. The second kappa shape index (κ2) is 3.39. The third kappa shape index (κ3) is 1.71. The number of hydrogen-bond donors (Lipinski definition) is 2. The van der Waals surface area contributed by atoms with E-state index in [4.69, 9.17) is 0 Å². The van der Waals surface area contributed by atoms with Crippen LogP contribution in [0.2, 0.25) is 0 Å². The lowest BCUT2D eigenvalue weighted by atomic mass is 10.2. The van der Waals surface area contributed by atoms with Gasteiger partial charge in [-0.3, -0.25) is 0 Å². The molecule has 1 heterocycles. The summed E-state index contributed by atoms with van der Waals surface area (Å²) in [7, 11) is 1.93. The van der Waals surface area contributed by atoms with Crippen molar-refractivity contribution in [3.63, 3.8) is 0 Å². The Morgan fingerprint density at radius 1 is 1.73 bits per heavy atom. The van der Waals surface area contributed by atoms with Crippen LogP contribution in [0.1, 0.15) is 17.0 Å². The predicted molar refractivity (Wildman–Crippen MR) is 48.4 cm³/mol. The fraction of sp³-hybridized carbons (Fsp3) is 0.333. The molecule has 0 saturated heterocycles. The number of nitrogens with one attached hydrogen (secondary N) is 2. The second-order valence-electron chi connectivity index (χ2n) is 2.63. The van der Waals surface area contributed by atoms with E-state index in [1.807, 2.05) is 13.1 Å². The normalized spacial score (nSPS) is 10.0. The zero-order valence-electron chi connectivity index (χ0n) is 7.07. The Bertz CT molecular complexity index is 248. The van der Waals surface area contributed by atoms with Crippen molar-refractivity contribution in [1.29, 1.82) is 0 Å². The van der Waals surface area contributed by atoms with Crippen molar-refractivity contribution in [3.05, 3.63) is 29.6 Å². The number of rotatable bonds is 3. The van der Waals surface area contributed by atoms with Crippen LogP contribution in [0.5, 0.6) is 0 Å². The van der Waals surface area contributed by atoms with E-state index in [0.717, 1.165) is 12.2 Å². The van der Waals surface area contributed by atoms with Gasteiger partial charge >= 0.3 is 0 Å². The third-order valence-corrected chi connectivity index (χ3v) is 1.68. The maximum absolute atomic E-state index is 3.71. The average Bonchev–Trinajstić information content (AvgIpc) is 2.32. The molecule has 0 radical (unpaired) electrons. The van der Waals surface area contributed by atoms with Gasteiger partial charge in [0.2, 0.25) is 0 Å². The van der Waals surface area contributed by atoms with Crippen LogP contribution in [-0.2, 0) is 6.54 Å². The topological polar surface area (TPSA) is 27.8 Å².